The lowest BCUT2D eigenvalue weighted by molar-refractivity contribution is -0.142. The number of esters is 1. The Kier molecular flexibility index (Phi) is 8.82. The van der Waals surface area contributed by atoms with Crippen molar-refractivity contribution in [3.63, 3.8) is 0 Å². The minimum Gasteiger partial charge on any atom is -0.493 e. The van der Waals surface area contributed by atoms with Crippen molar-refractivity contribution in [3.05, 3.63) is 76.8 Å². The highest BCUT2D eigenvalue weighted by Gasteiger charge is 2.08. The molecule has 32 heavy (non-hydrogen) atoms. The number of benzene rings is 2. The Balaban J connectivity index is 1.52. The number of methoxy groups -OCH3 is 1. The predicted molar refractivity (Wildman–Crippen MR) is 128 cm³/mol. The number of hydrazone groups is 1. The van der Waals surface area contributed by atoms with E-state index in [0.717, 1.165) is 11.1 Å². The maximum absolute atomic E-state index is 11.5. The first-order chi connectivity index (χ1) is 15.7. The summed E-state index contributed by atoms with van der Waals surface area (Å²) in [5, 5.41) is 6.60. The second-order valence-electron chi connectivity index (χ2n) is 6.53. The van der Waals surface area contributed by atoms with Crippen LogP contribution in [0.3, 0.4) is 0 Å². The fraction of sp³-hybridized carbons (Fsp3) is 0.208. The second kappa shape index (κ2) is 12.3. The Labute approximate surface area is 191 Å². The van der Waals surface area contributed by atoms with Crippen LogP contribution in [0.4, 0.5) is 5.13 Å². The van der Waals surface area contributed by atoms with Gasteiger partial charge >= 0.3 is 5.97 Å². The van der Waals surface area contributed by atoms with Crippen molar-refractivity contribution in [2.75, 3.05) is 25.7 Å². The lowest BCUT2D eigenvalue weighted by Gasteiger charge is -2.09. The molecule has 0 aliphatic carbocycles. The first-order valence-electron chi connectivity index (χ1n) is 10.1. The first kappa shape index (κ1) is 23.0. The molecule has 0 bridgehead atoms. The van der Waals surface area contributed by atoms with Gasteiger partial charge in [0.25, 0.3) is 0 Å². The van der Waals surface area contributed by atoms with Gasteiger partial charge in [-0.15, -0.1) is 11.3 Å². The van der Waals surface area contributed by atoms with E-state index in [2.05, 4.69) is 15.5 Å². The van der Waals surface area contributed by atoms with Gasteiger partial charge in [-0.2, -0.15) is 5.10 Å². The van der Waals surface area contributed by atoms with E-state index in [4.69, 9.17) is 14.2 Å². The number of hydrogen-bond acceptors (Lipinski definition) is 8. The maximum Gasteiger partial charge on any atom is 0.311 e. The Morgan fingerprint density at radius 3 is 2.78 bits per heavy atom. The van der Waals surface area contributed by atoms with E-state index < -0.39 is 0 Å². The van der Waals surface area contributed by atoms with Gasteiger partial charge in [-0.05, 0) is 42.3 Å². The van der Waals surface area contributed by atoms with E-state index >= 15 is 0 Å². The van der Waals surface area contributed by atoms with E-state index in [9.17, 15) is 4.79 Å². The van der Waals surface area contributed by atoms with E-state index in [0.29, 0.717) is 35.5 Å². The molecule has 0 aliphatic heterocycles. The molecule has 0 aliphatic rings. The smallest absolute Gasteiger partial charge is 0.311 e. The zero-order chi connectivity index (χ0) is 22.6. The minimum absolute atomic E-state index is 0.148. The molecule has 3 aromatic rings. The van der Waals surface area contributed by atoms with Crippen molar-refractivity contribution in [3.8, 4) is 11.5 Å². The minimum atomic E-state index is -0.294. The molecule has 0 atom stereocenters. The van der Waals surface area contributed by atoms with Gasteiger partial charge in [0.1, 0.15) is 6.61 Å². The van der Waals surface area contributed by atoms with Crippen LogP contribution < -0.4 is 14.9 Å². The molecule has 0 saturated carbocycles. The molecule has 1 heterocycles. The summed E-state index contributed by atoms with van der Waals surface area (Å²) in [5.41, 5.74) is 5.48. The van der Waals surface area contributed by atoms with Crippen LogP contribution in [0, 0.1) is 0 Å². The van der Waals surface area contributed by atoms with Crippen molar-refractivity contribution >= 4 is 34.7 Å². The number of anilines is 1. The zero-order valence-electron chi connectivity index (χ0n) is 18.0. The molecule has 0 unspecified atom stereocenters. The SMILES string of the molecule is CCOC(=O)Cc1csc(NN=Cc2ccc(OCC=Cc3ccccc3)c(OC)c2)n1. The van der Waals surface area contributed by atoms with Gasteiger partial charge < -0.3 is 14.2 Å². The number of nitrogens with zero attached hydrogens (tertiary/aromatic N) is 2. The van der Waals surface area contributed by atoms with Crippen LogP contribution in [0.15, 0.2) is 65.1 Å². The summed E-state index contributed by atoms with van der Waals surface area (Å²) in [6.45, 7) is 2.56. The lowest BCUT2D eigenvalue weighted by Crippen LogP contribution is -2.07. The standard InChI is InChI=1S/C24H25N3O4S/c1-3-30-23(28)15-20-17-32-24(26-20)27-25-16-19-11-12-21(22(14-19)29-2)31-13-7-10-18-8-5-4-6-9-18/h4-12,14,16-17H,3,13,15H2,1-2H3,(H,26,27). The number of thiazole rings is 1. The summed E-state index contributed by atoms with van der Waals surface area (Å²) in [7, 11) is 1.60. The molecule has 1 aromatic heterocycles. The molecule has 0 saturated heterocycles. The topological polar surface area (TPSA) is 82.0 Å². The number of aromatic nitrogens is 1. The van der Waals surface area contributed by atoms with Crippen molar-refractivity contribution in [2.45, 2.75) is 13.3 Å². The molecule has 1 N–H and O–H groups in total. The zero-order valence-corrected chi connectivity index (χ0v) is 18.8. The lowest BCUT2D eigenvalue weighted by atomic mass is 10.2. The summed E-state index contributed by atoms with van der Waals surface area (Å²) in [6.07, 6.45) is 5.77. The van der Waals surface area contributed by atoms with Gasteiger partial charge in [0.15, 0.2) is 11.5 Å². The third-order valence-corrected chi connectivity index (χ3v) is 4.98. The molecular weight excluding hydrogens is 426 g/mol. The van der Waals surface area contributed by atoms with Crippen molar-refractivity contribution in [1.82, 2.24) is 4.98 Å². The fourth-order valence-electron chi connectivity index (χ4n) is 2.73. The summed E-state index contributed by atoms with van der Waals surface area (Å²) < 4.78 is 16.2. The van der Waals surface area contributed by atoms with E-state index in [-0.39, 0.29) is 12.4 Å². The molecule has 0 fully saturated rings. The molecular formula is C24H25N3O4S. The maximum atomic E-state index is 11.5. The largest absolute Gasteiger partial charge is 0.493 e. The van der Waals surface area contributed by atoms with Gasteiger partial charge in [-0.1, -0.05) is 36.4 Å². The van der Waals surface area contributed by atoms with Gasteiger partial charge in [0, 0.05) is 5.38 Å². The summed E-state index contributed by atoms with van der Waals surface area (Å²) in [4.78, 5) is 15.8. The van der Waals surface area contributed by atoms with E-state index in [1.807, 2.05) is 60.7 Å². The average Bonchev–Trinajstić information content (AvgIpc) is 3.25. The van der Waals surface area contributed by atoms with E-state index in [1.165, 1.54) is 11.3 Å². The van der Waals surface area contributed by atoms with Gasteiger partial charge in [-0.25, -0.2) is 4.98 Å². The Morgan fingerprint density at radius 1 is 1.16 bits per heavy atom. The number of carbonyl (C=O) groups excluding carboxylic acids is 1. The van der Waals surface area contributed by atoms with Gasteiger partial charge in [0.2, 0.25) is 5.13 Å². The van der Waals surface area contributed by atoms with E-state index in [1.54, 1.807) is 25.6 Å². The fourth-order valence-corrected chi connectivity index (χ4v) is 3.39. The Morgan fingerprint density at radius 2 is 2.00 bits per heavy atom. The number of nitrogens with one attached hydrogen (secondary N) is 1. The summed E-state index contributed by atoms with van der Waals surface area (Å²) >= 11 is 1.37. The van der Waals surface area contributed by atoms with Crippen molar-refractivity contribution in [1.29, 1.82) is 0 Å². The van der Waals surface area contributed by atoms with Crippen LogP contribution in [-0.2, 0) is 16.0 Å². The quantitative estimate of drug-likeness (QED) is 0.256. The van der Waals surface area contributed by atoms with Crippen molar-refractivity contribution < 1.29 is 19.0 Å². The van der Waals surface area contributed by atoms with Crippen LogP contribution in [0.2, 0.25) is 0 Å². The monoisotopic (exact) mass is 451 g/mol. The number of carbonyl (C=O) groups is 1. The average molecular weight is 452 g/mol. The second-order valence-corrected chi connectivity index (χ2v) is 7.39. The van der Waals surface area contributed by atoms with Gasteiger partial charge in [-0.3, -0.25) is 10.2 Å². The normalized spacial score (nSPS) is 11.1. The van der Waals surface area contributed by atoms with Crippen molar-refractivity contribution in [2.24, 2.45) is 5.10 Å². The highest BCUT2D eigenvalue weighted by Crippen LogP contribution is 2.27. The molecule has 7 nitrogen and oxygen atoms in total. The third kappa shape index (κ3) is 7.24. The van der Waals surface area contributed by atoms with Crippen LogP contribution in [0.1, 0.15) is 23.7 Å². The number of hydrogen-bond donors (Lipinski definition) is 1. The highest BCUT2D eigenvalue weighted by atomic mass is 32.1. The molecule has 3 rings (SSSR count). The summed E-state index contributed by atoms with van der Waals surface area (Å²) in [6, 6.07) is 15.6. The molecule has 2 aromatic carbocycles. The molecule has 0 spiro atoms. The van der Waals surface area contributed by atoms with Crippen LogP contribution in [0.5, 0.6) is 11.5 Å². The number of ether oxygens (including phenoxy) is 3. The van der Waals surface area contributed by atoms with Crippen LogP contribution in [-0.4, -0.2) is 37.5 Å². The molecule has 0 radical (unpaired) electrons. The van der Waals surface area contributed by atoms with Gasteiger partial charge in [0.05, 0.1) is 32.0 Å². The van der Waals surface area contributed by atoms with Crippen LogP contribution >= 0.6 is 11.3 Å². The predicted octanol–water partition coefficient (Wildman–Crippen LogP) is 4.80. The first-order valence-corrected chi connectivity index (χ1v) is 11.0. The number of rotatable bonds is 11. The molecule has 166 valence electrons. The third-order valence-electron chi connectivity index (χ3n) is 4.19. The Hall–Kier alpha value is -3.65. The molecule has 0 amide bonds. The Bertz CT molecular complexity index is 1060. The molecule has 8 heteroatoms. The van der Waals surface area contributed by atoms with Crippen LogP contribution in [0.25, 0.3) is 6.08 Å². The highest BCUT2D eigenvalue weighted by molar-refractivity contribution is 7.13. The summed E-state index contributed by atoms with van der Waals surface area (Å²) in [5.74, 6) is 0.977.